The topological polar surface area (TPSA) is 45.7 Å². The fraction of sp³-hybridized carbons (Fsp3) is 0.588. The first-order chi connectivity index (χ1) is 10.2. The lowest BCUT2D eigenvalue weighted by Crippen LogP contribution is -2.36. The van der Waals surface area contributed by atoms with Gasteiger partial charge in [-0.1, -0.05) is 32.0 Å². The van der Waals surface area contributed by atoms with E-state index < -0.39 is 0 Å². The zero-order valence-electron chi connectivity index (χ0n) is 14.2. The Hall–Kier alpha value is -0.980. The maximum absolute atomic E-state index is 5.89. The number of guanidine groups is 1. The van der Waals surface area contributed by atoms with E-state index in [2.05, 4.69) is 49.4 Å². The van der Waals surface area contributed by atoms with Gasteiger partial charge in [-0.15, -0.1) is 24.0 Å². The Morgan fingerprint density at radius 1 is 1.14 bits per heavy atom. The standard InChI is InChI=1S/C17H29N3O.HI/c1-5-18-17(19-6-2)20-13-15-9-7-8-10-16(15)21-12-11-14(3)4;/h7-10,14H,5-6,11-13H2,1-4H3,(H2,18,19,20);1H. The summed E-state index contributed by atoms with van der Waals surface area (Å²) in [4.78, 5) is 4.59. The molecule has 0 heterocycles. The van der Waals surface area contributed by atoms with Crippen LogP contribution in [0.4, 0.5) is 0 Å². The van der Waals surface area contributed by atoms with Gasteiger partial charge in [0.1, 0.15) is 5.75 Å². The van der Waals surface area contributed by atoms with Crippen molar-refractivity contribution in [1.29, 1.82) is 0 Å². The van der Waals surface area contributed by atoms with E-state index in [0.717, 1.165) is 43.4 Å². The Kier molecular flexibility index (Phi) is 12.0. The Labute approximate surface area is 152 Å². The van der Waals surface area contributed by atoms with Crippen molar-refractivity contribution < 1.29 is 4.74 Å². The summed E-state index contributed by atoms with van der Waals surface area (Å²) in [6.07, 6.45) is 1.07. The highest BCUT2D eigenvalue weighted by molar-refractivity contribution is 14.0. The molecule has 1 aromatic rings. The summed E-state index contributed by atoms with van der Waals surface area (Å²) in [6, 6.07) is 8.13. The monoisotopic (exact) mass is 419 g/mol. The molecule has 0 saturated heterocycles. The maximum Gasteiger partial charge on any atom is 0.191 e. The van der Waals surface area contributed by atoms with Crippen molar-refractivity contribution in [1.82, 2.24) is 10.6 Å². The average Bonchev–Trinajstić information content (AvgIpc) is 2.46. The van der Waals surface area contributed by atoms with Crippen LogP contribution in [0.1, 0.15) is 39.7 Å². The minimum absolute atomic E-state index is 0. The average molecular weight is 419 g/mol. The van der Waals surface area contributed by atoms with E-state index in [9.17, 15) is 0 Å². The number of nitrogens with one attached hydrogen (secondary N) is 2. The minimum Gasteiger partial charge on any atom is -0.493 e. The second-order valence-corrected chi connectivity index (χ2v) is 5.36. The summed E-state index contributed by atoms with van der Waals surface area (Å²) in [5, 5.41) is 6.46. The lowest BCUT2D eigenvalue weighted by atomic mass is 10.1. The summed E-state index contributed by atoms with van der Waals surface area (Å²) >= 11 is 0. The molecule has 1 rings (SSSR count). The molecule has 0 aliphatic carbocycles. The van der Waals surface area contributed by atoms with E-state index in [-0.39, 0.29) is 24.0 Å². The molecule has 22 heavy (non-hydrogen) atoms. The van der Waals surface area contributed by atoms with Crippen LogP contribution in [0.5, 0.6) is 5.75 Å². The molecule has 0 radical (unpaired) electrons. The van der Waals surface area contributed by atoms with Crippen LogP contribution in [0, 0.1) is 5.92 Å². The second-order valence-electron chi connectivity index (χ2n) is 5.36. The van der Waals surface area contributed by atoms with Crippen LogP contribution < -0.4 is 15.4 Å². The Morgan fingerprint density at radius 3 is 2.36 bits per heavy atom. The maximum atomic E-state index is 5.89. The molecule has 0 saturated carbocycles. The Balaban J connectivity index is 0.00000441. The van der Waals surface area contributed by atoms with Crippen molar-refractivity contribution in [3.63, 3.8) is 0 Å². The molecule has 5 heteroatoms. The lowest BCUT2D eigenvalue weighted by Gasteiger charge is -2.13. The third-order valence-corrected chi connectivity index (χ3v) is 3.02. The molecular formula is C17H30IN3O. The number of aliphatic imine (C=N–C) groups is 1. The van der Waals surface area contributed by atoms with Gasteiger partial charge in [0.15, 0.2) is 5.96 Å². The molecule has 0 amide bonds. The van der Waals surface area contributed by atoms with E-state index in [0.29, 0.717) is 12.5 Å². The molecule has 0 fully saturated rings. The van der Waals surface area contributed by atoms with Gasteiger partial charge in [0.25, 0.3) is 0 Å². The van der Waals surface area contributed by atoms with Gasteiger partial charge in [-0.25, -0.2) is 4.99 Å². The zero-order valence-corrected chi connectivity index (χ0v) is 16.5. The molecule has 0 aromatic heterocycles. The van der Waals surface area contributed by atoms with Crippen molar-refractivity contribution in [2.45, 2.75) is 40.7 Å². The lowest BCUT2D eigenvalue weighted by molar-refractivity contribution is 0.287. The van der Waals surface area contributed by atoms with Crippen LogP contribution in [0.15, 0.2) is 29.3 Å². The van der Waals surface area contributed by atoms with Gasteiger partial charge in [0.05, 0.1) is 13.2 Å². The van der Waals surface area contributed by atoms with Crippen molar-refractivity contribution in [2.75, 3.05) is 19.7 Å². The molecular weight excluding hydrogens is 389 g/mol. The van der Waals surface area contributed by atoms with Gasteiger partial charge in [-0.2, -0.15) is 0 Å². The van der Waals surface area contributed by atoms with E-state index in [1.54, 1.807) is 0 Å². The molecule has 4 nitrogen and oxygen atoms in total. The highest BCUT2D eigenvalue weighted by Gasteiger charge is 2.04. The van der Waals surface area contributed by atoms with E-state index in [4.69, 9.17) is 4.74 Å². The van der Waals surface area contributed by atoms with Gasteiger partial charge in [0, 0.05) is 18.7 Å². The van der Waals surface area contributed by atoms with Gasteiger partial charge in [-0.05, 0) is 32.3 Å². The summed E-state index contributed by atoms with van der Waals surface area (Å²) in [6.45, 7) is 11.6. The van der Waals surface area contributed by atoms with Crippen molar-refractivity contribution in [3.05, 3.63) is 29.8 Å². The first-order valence-corrected chi connectivity index (χ1v) is 7.90. The number of ether oxygens (including phenoxy) is 1. The predicted octanol–water partition coefficient (Wildman–Crippen LogP) is 3.80. The predicted molar refractivity (Wildman–Crippen MR) is 105 cm³/mol. The molecule has 0 aliphatic heterocycles. The van der Waals surface area contributed by atoms with Crippen LogP contribution in [0.3, 0.4) is 0 Å². The van der Waals surface area contributed by atoms with E-state index in [1.807, 2.05) is 18.2 Å². The number of halogens is 1. The normalized spacial score (nSPS) is 9.86. The van der Waals surface area contributed by atoms with Crippen LogP contribution >= 0.6 is 24.0 Å². The second kappa shape index (κ2) is 12.6. The fourth-order valence-electron chi connectivity index (χ4n) is 1.85. The first-order valence-electron chi connectivity index (χ1n) is 7.90. The van der Waals surface area contributed by atoms with E-state index >= 15 is 0 Å². The molecule has 0 spiro atoms. The van der Waals surface area contributed by atoms with Crippen molar-refractivity contribution in [2.24, 2.45) is 10.9 Å². The number of benzene rings is 1. The number of nitrogens with zero attached hydrogens (tertiary/aromatic N) is 1. The molecule has 0 aliphatic rings. The number of rotatable bonds is 8. The Bertz CT molecular complexity index is 428. The number of hydrogen-bond donors (Lipinski definition) is 2. The number of para-hydroxylation sites is 1. The summed E-state index contributed by atoms with van der Waals surface area (Å²) in [5.41, 5.74) is 1.12. The fourth-order valence-corrected chi connectivity index (χ4v) is 1.85. The van der Waals surface area contributed by atoms with E-state index in [1.165, 1.54) is 0 Å². The van der Waals surface area contributed by atoms with Crippen molar-refractivity contribution in [3.8, 4) is 5.75 Å². The first kappa shape index (κ1) is 21.0. The number of hydrogen-bond acceptors (Lipinski definition) is 2. The van der Waals surface area contributed by atoms with Gasteiger partial charge >= 0.3 is 0 Å². The molecule has 2 N–H and O–H groups in total. The molecule has 0 atom stereocenters. The minimum atomic E-state index is 0. The highest BCUT2D eigenvalue weighted by atomic mass is 127. The SMILES string of the molecule is CCNC(=NCc1ccccc1OCCC(C)C)NCC.I. The molecule has 0 bridgehead atoms. The quantitative estimate of drug-likeness (QED) is 0.383. The summed E-state index contributed by atoms with van der Waals surface area (Å²) in [7, 11) is 0. The third kappa shape index (κ3) is 8.46. The Morgan fingerprint density at radius 2 is 1.77 bits per heavy atom. The molecule has 1 aromatic carbocycles. The summed E-state index contributed by atoms with van der Waals surface area (Å²) in [5.74, 6) is 2.44. The third-order valence-electron chi connectivity index (χ3n) is 3.02. The van der Waals surface area contributed by atoms with Crippen LogP contribution in [0.25, 0.3) is 0 Å². The molecule has 0 unspecified atom stereocenters. The van der Waals surface area contributed by atoms with Gasteiger partial charge < -0.3 is 15.4 Å². The molecule has 126 valence electrons. The van der Waals surface area contributed by atoms with Crippen molar-refractivity contribution >= 4 is 29.9 Å². The van der Waals surface area contributed by atoms with Gasteiger partial charge in [0.2, 0.25) is 0 Å². The summed E-state index contributed by atoms with van der Waals surface area (Å²) < 4.78 is 5.89. The van der Waals surface area contributed by atoms with Gasteiger partial charge in [-0.3, -0.25) is 0 Å². The highest BCUT2D eigenvalue weighted by Crippen LogP contribution is 2.19. The van der Waals surface area contributed by atoms with Crippen LogP contribution in [0.2, 0.25) is 0 Å². The van der Waals surface area contributed by atoms with Crippen LogP contribution in [-0.4, -0.2) is 25.7 Å². The largest absolute Gasteiger partial charge is 0.493 e. The van der Waals surface area contributed by atoms with Crippen LogP contribution in [-0.2, 0) is 6.54 Å². The smallest absolute Gasteiger partial charge is 0.191 e. The zero-order chi connectivity index (χ0) is 15.5.